The molecule has 0 aliphatic carbocycles. The molecule has 0 saturated carbocycles. The first-order valence-electron chi connectivity index (χ1n) is 8.70. The summed E-state index contributed by atoms with van der Waals surface area (Å²) < 4.78 is 15.3. The van der Waals surface area contributed by atoms with Crippen LogP contribution in [0.15, 0.2) is 40.5 Å². The van der Waals surface area contributed by atoms with Crippen molar-refractivity contribution in [3.05, 3.63) is 51.2 Å². The predicted molar refractivity (Wildman–Crippen MR) is 97.9 cm³/mol. The molecule has 3 rings (SSSR count). The highest BCUT2D eigenvalue weighted by molar-refractivity contribution is 6.07. The first-order valence-corrected chi connectivity index (χ1v) is 8.70. The van der Waals surface area contributed by atoms with Gasteiger partial charge in [0.1, 0.15) is 18.6 Å². The van der Waals surface area contributed by atoms with Gasteiger partial charge >= 0.3 is 11.9 Å². The molecule has 2 aliphatic rings. The molecule has 1 aromatic rings. The van der Waals surface area contributed by atoms with Crippen LogP contribution < -0.4 is 0 Å². The lowest BCUT2D eigenvalue weighted by molar-refractivity contribution is -0.384. The summed E-state index contributed by atoms with van der Waals surface area (Å²) in [4.78, 5) is 40.3. The van der Waals surface area contributed by atoms with Crippen LogP contribution in [-0.2, 0) is 23.8 Å². The largest absolute Gasteiger partial charge is 0.468 e. The Labute approximate surface area is 161 Å². The molecule has 0 bridgehead atoms. The maximum Gasteiger partial charge on any atom is 0.336 e. The second kappa shape index (κ2) is 7.89. The summed E-state index contributed by atoms with van der Waals surface area (Å²) >= 11 is 0. The summed E-state index contributed by atoms with van der Waals surface area (Å²) in [5.74, 6) is -2.91. The molecule has 0 amide bonds. The number of carbonyl (C=O) groups is 2. The van der Waals surface area contributed by atoms with E-state index >= 15 is 0 Å². The van der Waals surface area contributed by atoms with E-state index in [9.17, 15) is 19.7 Å². The molecule has 148 valence electrons. The Bertz CT molecular complexity index is 886. The average Bonchev–Trinajstić information content (AvgIpc) is 3.49. The Hall–Kier alpha value is -3.07. The van der Waals surface area contributed by atoms with Gasteiger partial charge in [0.15, 0.2) is 0 Å². The van der Waals surface area contributed by atoms with Crippen molar-refractivity contribution in [1.82, 2.24) is 0 Å². The normalized spacial score (nSPS) is 23.7. The van der Waals surface area contributed by atoms with Crippen LogP contribution in [0.5, 0.6) is 0 Å². The van der Waals surface area contributed by atoms with Gasteiger partial charge in [-0.05, 0) is 19.4 Å². The van der Waals surface area contributed by atoms with Gasteiger partial charge in [0.25, 0.3) is 5.69 Å². The number of nitro groups is 1. The number of esters is 2. The van der Waals surface area contributed by atoms with Gasteiger partial charge < -0.3 is 14.2 Å². The van der Waals surface area contributed by atoms with Gasteiger partial charge in [0.2, 0.25) is 0 Å². The molecular formula is C19H20N2O7. The smallest absolute Gasteiger partial charge is 0.336 e. The molecule has 1 aromatic carbocycles. The number of non-ortho nitro benzene ring substituents is 1. The van der Waals surface area contributed by atoms with Crippen molar-refractivity contribution in [2.75, 3.05) is 20.3 Å². The maximum absolute atomic E-state index is 12.8. The van der Waals surface area contributed by atoms with E-state index in [1.54, 1.807) is 19.9 Å². The van der Waals surface area contributed by atoms with Crippen molar-refractivity contribution >= 4 is 23.3 Å². The van der Waals surface area contributed by atoms with Crippen molar-refractivity contribution in [2.45, 2.75) is 25.9 Å². The quantitative estimate of drug-likeness (QED) is 0.317. The Kier molecular flexibility index (Phi) is 5.55. The van der Waals surface area contributed by atoms with E-state index in [0.717, 1.165) is 0 Å². The number of allylic oxidation sites excluding steroid dienone is 1. The number of epoxide rings is 1. The number of ether oxygens (including phenoxy) is 3. The second-order valence-corrected chi connectivity index (χ2v) is 6.64. The van der Waals surface area contributed by atoms with Crippen LogP contribution in [0, 0.1) is 16.0 Å². The molecule has 1 fully saturated rings. The predicted octanol–water partition coefficient (Wildman–Crippen LogP) is 2.16. The minimum atomic E-state index is -0.893. The first-order chi connectivity index (χ1) is 13.3. The molecular weight excluding hydrogens is 368 g/mol. The molecule has 2 heterocycles. The maximum atomic E-state index is 12.8. The SMILES string of the molecule is COC(=O)C1C(C)=NC(C)=C(C(=O)OCC2CO2)C1c1cccc([N+](=O)[O-])c1. The van der Waals surface area contributed by atoms with Crippen LogP contribution in [-0.4, -0.2) is 49.0 Å². The van der Waals surface area contributed by atoms with Crippen LogP contribution in [0.3, 0.4) is 0 Å². The summed E-state index contributed by atoms with van der Waals surface area (Å²) in [7, 11) is 1.24. The van der Waals surface area contributed by atoms with E-state index in [4.69, 9.17) is 14.2 Å². The van der Waals surface area contributed by atoms with Gasteiger partial charge in [-0.2, -0.15) is 0 Å². The molecule has 3 unspecified atom stereocenters. The number of hydrogen-bond acceptors (Lipinski definition) is 8. The number of methoxy groups -OCH3 is 1. The van der Waals surface area contributed by atoms with Crippen LogP contribution >= 0.6 is 0 Å². The van der Waals surface area contributed by atoms with Crippen molar-refractivity contribution in [2.24, 2.45) is 10.9 Å². The second-order valence-electron chi connectivity index (χ2n) is 6.64. The van der Waals surface area contributed by atoms with Gasteiger partial charge in [-0.1, -0.05) is 12.1 Å². The summed E-state index contributed by atoms with van der Waals surface area (Å²) in [6, 6.07) is 5.85. The molecule has 28 heavy (non-hydrogen) atoms. The Morgan fingerprint density at radius 1 is 1.36 bits per heavy atom. The van der Waals surface area contributed by atoms with E-state index in [2.05, 4.69) is 4.99 Å². The molecule has 0 radical (unpaired) electrons. The Morgan fingerprint density at radius 3 is 2.68 bits per heavy atom. The Balaban J connectivity index is 2.07. The average molecular weight is 388 g/mol. The zero-order valence-electron chi connectivity index (χ0n) is 15.7. The molecule has 0 spiro atoms. The lowest BCUT2D eigenvalue weighted by Gasteiger charge is -2.31. The molecule has 1 saturated heterocycles. The third-order valence-corrected chi connectivity index (χ3v) is 4.75. The number of nitro benzene ring substituents is 1. The first kappa shape index (κ1) is 19.7. The van der Waals surface area contributed by atoms with Gasteiger partial charge in [0.05, 0.1) is 24.2 Å². The molecule has 2 aliphatic heterocycles. The number of rotatable bonds is 6. The van der Waals surface area contributed by atoms with Crippen molar-refractivity contribution < 1.29 is 28.7 Å². The summed E-state index contributed by atoms with van der Waals surface area (Å²) in [6.07, 6.45) is -0.119. The third kappa shape index (κ3) is 3.94. The highest BCUT2D eigenvalue weighted by Gasteiger charge is 2.43. The highest BCUT2D eigenvalue weighted by atomic mass is 16.6. The number of hydrogen-bond donors (Lipinski definition) is 0. The van der Waals surface area contributed by atoms with Crippen molar-refractivity contribution in [3.8, 4) is 0 Å². The van der Waals surface area contributed by atoms with Gasteiger partial charge in [-0.15, -0.1) is 0 Å². The topological polar surface area (TPSA) is 121 Å². The van der Waals surface area contributed by atoms with E-state index in [0.29, 0.717) is 23.6 Å². The van der Waals surface area contributed by atoms with Gasteiger partial charge in [-0.25, -0.2) is 4.79 Å². The lowest BCUT2D eigenvalue weighted by Crippen LogP contribution is -2.36. The summed E-state index contributed by atoms with van der Waals surface area (Å²) in [5.41, 5.74) is 1.34. The van der Waals surface area contributed by atoms with Gasteiger partial charge in [0, 0.05) is 29.5 Å². The van der Waals surface area contributed by atoms with E-state index in [1.165, 1.54) is 25.3 Å². The highest BCUT2D eigenvalue weighted by Crippen LogP contribution is 2.41. The van der Waals surface area contributed by atoms with E-state index < -0.39 is 28.7 Å². The number of nitrogens with zero attached hydrogens (tertiary/aromatic N) is 2. The molecule has 0 N–H and O–H groups in total. The molecule has 0 aromatic heterocycles. The molecule has 3 atom stereocenters. The minimum absolute atomic E-state index is 0.100. The van der Waals surface area contributed by atoms with Gasteiger partial charge in [-0.3, -0.25) is 19.9 Å². The monoisotopic (exact) mass is 388 g/mol. The summed E-state index contributed by atoms with van der Waals surface area (Å²) in [5, 5.41) is 11.2. The molecule has 9 heteroatoms. The van der Waals surface area contributed by atoms with Crippen molar-refractivity contribution in [3.63, 3.8) is 0 Å². The fourth-order valence-electron chi connectivity index (χ4n) is 3.34. The van der Waals surface area contributed by atoms with Crippen LogP contribution in [0.4, 0.5) is 5.69 Å². The fraction of sp³-hybridized carbons (Fsp3) is 0.421. The fourth-order valence-corrected chi connectivity index (χ4v) is 3.34. The number of aliphatic imine (C=N–C) groups is 1. The zero-order chi connectivity index (χ0) is 20.4. The van der Waals surface area contributed by atoms with Crippen LogP contribution in [0.1, 0.15) is 25.3 Å². The third-order valence-electron chi connectivity index (χ3n) is 4.75. The van der Waals surface area contributed by atoms with Crippen LogP contribution in [0.2, 0.25) is 0 Å². The number of carbonyl (C=O) groups excluding carboxylic acids is 2. The lowest BCUT2D eigenvalue weighted by atomic mass is 9.75. The van der Waals surface area contributed by atoms with Crippen LogP contribution in [0.25, 0.3) is 0 Å². The Morgan fingerprint density at radius 2 is 2.07 bits per heavy atom. The zero-order valence-corrected chi connectivity index (χ0v) is 15.7. The van der Waals surface area contributed by atoms with Crippen molar-refractivity contribution in [1.29, 1.82) is 0 Å². The minimum Gasteiger partial charge on any atom is -0.468 e. The van der Waals surface area contributed by atoms with E-state index in [-0.39, 0.29) is 24.0 Å². The standard InChI is InChI=1S/C19H20N2O7/c1-10-15(18(22)26-3)17(12-5-4-6-13(7-12)21(24)25)16(11(2)20-10)19(23)28-9-14-8-27-14/h4-7,14-15,17H,8-9H2,1-3H3. The summed E-state index contributed by atoms with van der Waals surface area (Å²) in [6.45, 7) is 3.94. The van der Waals surface area contributed by atoms with E-state index in [1.807, 2.05) is 0 Å². The number of benzene rings is 1. The molecule has 9 nitrogen and oxygen atoms in total.